The summed E-state index contributed by atoms with van der Waals surface area (Å²) in [5.41, 5.74) is 1.22. The van der Waals surface area contributed by atoms with Crippen LogP contribution < -0.4 is 4.74 Å². The van der Waals surface area contributed by atoms with Crippen molar-refractivity contribution in [1.82, 2.24) is 0 Å². The van der Waals surface area contributed by atoms with Crippen LogP contribution in [0.3, 0.4) is 0 Å². The van der Waals surface area contributed by atoms with Crippen molar-refractivity contribution in [3.63, 3.8) is 0 Å². The zero-order chi connectivity index (χ0) is 13.4. The van der Waals surface area contributed by atoms with E-state index in [0.29, 0.717) is 19.4 Å². The van der Waals surface area contributed by atoms with Gasteiger partial charge in [0.25, 0.3) is 0 Å². The molecule has 0 radical (unpaired) electrons. The number of hydrogen-bond acceptors (Lipinski definition) is 3. The molecule has 0 saturated heterocycles. The maximum absolute atomic E-state index is 10.3. The lowest BCUT2D eigenvalue weighted by Gasteiger charge is -2.06. The molecule has 0 aliphatic heterocycles. The summed E-state index contributed by atoms with van der Waals surface area (Å²) in [4.78, 5) is 10.3. The lowest BCUT2D eigenvalue weighted by atomic mass is 10.2. The first kappa shape index (κ1) is 14.1. The molecular formula is C14H18O4. The van der Waals surface area contributed by atoms with E-state index in [2.05, 4.69) is 6.92 Å². The molecule has 4 heteroatoms. The fraction of sp³-hybridized carbons (Fsp3) is 0.357. The molecule has 0 aliphatic rings. The molecular weight excluding hydrogens is 232 g/mol. The van der Waals surface area contributed by atoms with Gasteiger partial charge in [-0.25, -0.2) is 4.79 Å². The van der Waals surface area contributed by atoms with Crippen molar-refractivity contribution in [2.24, 2.45) is 0 Å². The van der Waals surface area contributed by atoms with Gasteiger partial charge >= 0.3 is 5.97 Å². The standard InChI is InChI=1S/C14H18O4/c1-2-11-6-5-7-12(10-11)18-9-4-3-8-13(15)14(16)17/h5-8,10,15H,2-4,9H2,1H3,(H,16,17). The summed E-state index contributed by atoms with van der Waals surface area (Å²) in [5, 5.41) is 17.4. The van der Waals surface area contributed by atoms with Crippen LogP contribution in [0, 0.1) is 0 Å². The number of carboxylic acids is 1. The van der Waals surface area contributed by atoms with Gasteiger partial charge in [0, 0.05) is 0 Å². The molecule has 0 saturated carbocycles. The largest absolute Gasteiger partial charge is 0.502 e. The number of aliphatic hydroxyl groups is 1. The summed E-state index contributed by atoms with van der Waals surface area (Å²) in [7, 11) is 0. The van der Waals surface area contributed by atoms with Crippen LogP contribution in [0.15, 0.2) is 36.1 Å². The van der Waals surface area contributed by atoms with E-state index < -0.39 is 11.7 Å². The first-order valence-electron chi connectivity index (χ1n) is 5.97. The summed E-state index contributed by atoms with van der Waals surface area (Å²) < 4.78 is 5.53. The highest BCUT2D eigenvalue weighted by Crippen LogP contribution is 2.14. The third-order valence-corrected chi connectivity index (χ3v) is 2.48. The van der Waals surface area contributed by atoms with Gasteiger partial charge in [-0.05, 0) is 43.0 Å². The second kappa shape index (κ2) is 7.37. The molecule has 0 aliphatic carbocycles. The fourth-order valence-electron chi connectivity index (χ4n) is 1.45. The highest BCUT2D eigenvalue weighted by molar-refractivity contribution is 5.83. The number of aliphatic hydroxyl groups excluding tert-OH is 1. The fourth-order valence-corrected chi connectivity index (χ4v) is 1.45. The molecule has 0 aromatic heterocycles. The zero-order valence-corrected chi connectivity index (χ0v) is 10.4. The quantitative estimate of drug-likeness (QED) is 0.443. The Labute approximate surface area is 107 Å². The second-order valence-electron chi connectivity index (χ2n) is 3.89. The van der Waals surface area contributed by atoms with E-state index in [1.54, 1.807) is 0 Å². The molecule has 0 amide bonds. The van der Waals surface area contributed by atoms with Crippen LogP contribution in [0.5, 0.6) is 5.75 Å². The predicted octanol–water partition coefficient (Wildman–Crippen LogP) is 2.93. The number of ether oxygens (including phenoxy) is 1. The number of aliphatic carboxylic acids is 1. The number of unbranched alkanes of at least 4 members (excludes halogenated alkanes) is 1. The maximum Gasteiger partial charge on any atom is 0.370 e. The Kier molecular flexibility index (Phi) is 5.77. The van der Waals surface area contributed by atoms with E-state index in [9.17, 15) is 4.79 Å². The normalized spacial score (nSPS) is 11.3. The number of carboxylic acid groups (broad SMARTS) is 1. The van der Waals surface area contributed by atoms with Crippen LogP contribution in [0.2, 0.25) is 0 Å². The van der Waals surface area contributed by atoms with Crippen LogP contribution in [0.1, 0.15) is 25.3 Å². The van der Waals surface area contributed by atoms with Crippen LogP contribution in [0.4, 0.5) is 0 Å². The Morgan fingerprint density at radius 2 is 2.17 bits per heavy atom. The monoisotopic (exact) mass is 250 g/mol. The Morgan fingerprint density at radius 1 is 1.39 bits per heavy atom. The molecule has 4 nitrogen and oxygen atoms in total. The predicted molar refractivity (Wildman–Crippen MR) is 68.9 cm³/mol. The van der Waals surface area contributed by atoms with Crippen LogP contribution >= 0.6 is 0 Å². The Bertz CT molecular complexity index is 424. The van der Waals surface area contributed by atoms with Gasteiger partial charge in [0.2, 0.25) is 0 Å². The van der Waals surface area contributed by atoms with Gasteiger partial charge < -0.3 is 14.9 Å². The van der Waals surface area contributed by atoms with Gasteiger partial charge in [0.1, 0.15) is 5.75 Å². The van der Waals surface area contributed by atoms with Gasteiger partial charge in [-0.15, -0.1) is 0 Å². The van der Waals surface area contributed by atoms with Crippen molar-refractivity contribution < 1.29 is 19.7 Å². The number of benzene rings is 1. The van der Waals surface area contributed by atoms with Gasteiger partial charge in [0.15, 0.2) is 5.76 Å². The number of aryl methyl sites for hydroxylation is 1. The number of hydrogen-bond donors (Lipinski definition) is 2. The van der Waals surface area contributed by atoms with E-state index in [0.717, 1.165) is 12.2 Å². The number of carbonyl (C=O) groups is 1. The molecule has 0 spiro atoms. The number of rotatable bonds is 7. The minimum atomic E-state index is -1.30. The van der Waals surface area contributed by atoms with Crippen molar-refractivity contribution in [1.29, 1.82) is 0 Å². The molecule has 1 rings (SSSR count). The second-order valence-corrected chi connectivity index (χ2v) is 3.89. The maximum atomic E-state index is 10.3. The molecule has 1 aromatic rings. The third kappa shape index (κ3) is 4.91. The van der Waals surface area contributed by atoms with Crippen LogP contribution in [-0.4, -0.2) is 22.8 Å². The average Bonchev–Trinajstić information content (AvgIpc) is 2.38. The van der Waals surface area contributed by atoms with Crippen LogP contribution in [0.25, 0.3) is 0 Å². The first-order valence-corrected chi connectivity index (χ1v) is 5.97. The molecule has 0 heterocycles. The van der Waals surface area contributed by atoms with E-state index in [-0.39, 0.29) is 0 Å². The van der Waals surface area contributed by atoms with Crippen LogP contribution in [-0.2, 0) is 11.2 Å². The lowest BCUT2D eigenvalue weighted by Crippen LogP contribution is -2.00. The summed E-state index contributed by atoms with van der Waals surface area (Å²) >= 11 is 0. The van der Waals surface area contributed by atoms with E-state index >= 15 is 0 Å². The smallest absolute Gasteiger partial charge is 0.370 e. The van der Waals surface area contributed by atoms with E-state index in [1.807, 2.05) is 24.3 Å². The molecule has 0 fully saturated rings. The minimum absolute atomic E-state index is 0.478. The summed E-state index contributed by atoms with van der Waals surface area (Å²) in [5.74, 6) is -1.09. The van der Waals surface area contributed by atoms with Gasteiger partial charge in [-0.1, -0.05) is 19.1 Å². The van der Waals surface area contributed by atoms with Gasteiger partial charge in [0.05, 0.1) is 6.61 Å². The highest BCUT2D eigenvalue weighted by atomic mass is 16.5. The number of allylic oxidation sites excluding steroid dienone is 1. The Morgan fingerprint density at radius 3 is 2.83 bits per heavy atom. The van der Waals surface area contributed by atoms with Crippen molar-refractivity contribution in [3.05, 3.63) is 41.7 Å². The van der Waals surface area contributed by atoms with E-state index in [1.165, 1.54) is 11.6 Å². The van der Waals surface area contributed by atoms with Crippen molar-refractivity contribution >= 4 is 5.97 Å². The average molecular weight is 250 g/mol. The molecule has 2 N–H and O–H groups in total. The van der Waals surface area contributed by atoms with E-state index in [4.69, 9.17) is 14.9 Å². The van der Waals surface area contributed by atoms with Crippen molar-refractivity contribution in [2.45, 2.75) is 26.2 Å². The first-order chi connectivity index (χ1) is 8.63. The van der Waals surface area contributed by atoms with Gasteiger partial charge in [-0.2, -0.15) is 0 Å². The Hall–Kier alpha value is -1.97. The molecule has 1 aromatic carbocycles. The molecule has 0 unspecified atom stereocenters. The summed E-state index contributed by atoms with van der Waals surface area (Å²) in [6, 6.07) is 7.87. The Balaban J connectivity index is 2.29. The zero-order valence-electron chi connectivity index (χ0n) is 10.4. The SMILES string of the molecule is CCc1cccc(OCCCC=C(O)C(=O)O)c1. The summed E-state index contributed by atoms with van der Waals surface area (Å²) in [6.07, 6.45) is 3.39. The molecule has 98 valence electrons. The molecule has 0 bridgehead atoms. The van der Waals surface area contributed by atoms with Crippen molar-refractivity contribution in [3.8, 4) is 5.75 Å². The highest BCUT2D eigenvalue weighted by Gasteiger charge is 2.01. The van der Waals surface area contributed by atoms with Gasteiger partial charge in [-0.3, -0.25) is 0 Å². The lowest BCUT2D eigenvalue weighted by molar-refractivity contribution is -0.135. The minimum Gasteiger partial charge on any atom is -0.502 e. The summed E-state index contributed by atoms with van der Waals surface area (Å²) in [6.45, 7) is 2.58. The van der Waals surface area contributed by atoms with Crippen molar-refractivity contribution in [2.75, 3.05) is 6.61 Å². The third-order valence-electron chi connectivity index (χ3n) is 2.48. The topological polar surface area (TPSA) is 66.8 Å². The molecule has 0 atom stereocenters. The molecule has 18 heavy (non-hydrogen) atoms.